The van der Waals surface area contributed by atoms with E-state index in [9.17, 15) is 37.1 Å². The number of nitrogens with zero attached hydrogens (tertiary/aromatic N) is 4. The van der Waals surface area contributed by atoms with E-state index in [0.717, 1.165) is 4.90 Å². The van der Waals surface area contributed by atoms with E-state index < -0.39 is 48.5 Å². The number of carbonyl (C=O) groups is 5. The van der Waals surface area contributed by atoms with Gasteiger partial charge in [0.15, 0.2) is 0 Å². The smallest absolute Gasteiger partial charge is 0.264 e. The van der Waals surface area contributed by atoms with Gasteiger partial charge < -0.3 is 20.4 Å². The van der Waals surface area contributed by atoms with Gasteiger partial charge in [0, 0.05) is 60.9 Å². The largest absolute Gasteiger partial charge is 0.384 e. The third-order valence-electron chi connectivity index (χ3n) is 9.52. The Hall–Kier alpha value is -5.44. The summed E-state index contributed by atoms with van der Waals surface area (Å²) in [6.07, 6.45) is -1.43. The van der Waals surface area contributed by atoms with E-state index in [-0.39, 0.29) is 48.0 Å². The number of piperidine rings is 1. The number of hydrogen-bond acceptors (Lipinski definition) is 9. The van der Waals surface area contributed by atoms with E-state index in [1.54, 1.807) is 35.2 Å². The van der Waals surface area contributed by atoms with Crippen molar-refractivity contribution < 1.29 is 37.1 Å². The van der Waals surface area contributed by atoms with Gasteiger partial charge in [-0.2, -0.15) is 0 Å². The normalized spacial score (nSPS) is 19.6. The van der Waals surface area contributed by atoms with E-state index in [2.05, 4.69) is 20.9 Å². The lowest BCUT2D eigenvalue weighted by Gasteiger charge is -2.27. The zero-order valence-corrected chi connectivity index (χ0v) is 28.4. The molecule has 7 rings (SSSR count). The fourth-order valence-corrected chi connectivity index (χ4v) is 7.26. The zero-order valence-electron chi connectivity index (χ0n) is 27.6. The van der Waals surface area contributed by atoms with Crippen molar-refractivity contribution in [3.05, 3.63) is 82.1 Å². The number of anilines is 3. The Morgan fingerprint density at radius 3 is 2.60 bits per heavy atom. The maximum Gasteiger partial charge on any atom is 0.264 e. The van der Waals surface area contributed by atoms with Crippen LogP contribution in [0.2, 0.25) is 5.02 Å². The average Bonchev–Trinajstić information content (AvgIpc) is 3.64. The van der Waals surface area contributed by atoms with Gasteiger partial charge in [-0.05, 0) is 61.7 Å². The van der Waals surface area contributed by atoms with Crippen LogP contribution < -0.4 is 20.9 Å². The first-order valence-corrected chi connectivity index (χ1v) is 17.2. The molecule has 0 spiro atoms. The fourth-order valence-electron chi connectivity index (χ4n) is 7.08. The highest BCUT2D eigenvalue weighted by Gasteiger charge is 2.45. The summed E-state index contributed by atoms with van der Waals surface area (Å²) in [5, 5.41) is 9.05. The summed E-state index contributed by atoms with van der Waals surface area (Å²) in [5.74, 6) is -2.71. The summed E-state index contributed by atoms with van der Waals surface area (Å²) in [5.41, 5.74) is 2.09. The molecule has 4 aliphatic rings. The number of carbonyl (C=O) groups excluding carboxylic acids is 5. The third kappa shape index (κ3) is 6.79. The number of amidine groups is 1. The van der Waals surface area contributed by atoms with Gasteiger partial charge in [-0.15, -0.1) is 0 Å². The number of benzene rings is 3. The van der Waals surface area contributed by atoms with E-state index >= 15 is 0 Å². The standard InChI is InChI=1S/C36H33ClF3N7O5/c37-19-6-8-26-23(15-19)33(43-25-16-20(38)7-9-27(25)46(26)18-29(39)40)42-21-12-14-45(17-21)31(49)5-2-13-41-24-4-1-3-22-32(24)36(52)47(35(22)51)28-10-11-30(48)44-34(28)50/h1,3-4,6-9,15-16,21,28-29,41H,2,5,10-14,17-18H2,(H,42,43)(H,44,48,50)/t21-,28?/m0/s1. The summed E-state index contributed by atoms with van der Waals surface area (Å²) < 4.78 is 41.8. The van der Waals surface area contributed by atoms with Crippen molar-refractivity contribution in [2.24, 2.45) is 4.99 Å². The molecule has 0 aliphatic carbocycles. The molecule has 1 unspecified atom stereocenters. The van der Waals surface area contributed by atoms with Gasteiger partial charge >= 0.3 is 0 Å². The molecule has 2 atom stereocenters. The van der Waals surface area contributed by atoms with Crippen LogP contribution in [0.15, 0.2) is 59.6 Å². The topological polar surface area (TPSA) is 144 Å². The molecule has 16 heteroatoms. The maximum absolute atomic E-state index is 14.3. The molecule has 12 nitrogen and oxygen atoms in total. The first-order valence-electron chi connectivity index (χ1n) is 16.8. The van der Waals surface area contributed by atoms with Gasteiger partial charge in [-0.1, -0.05) is 17.7 Å². The molecule has 2 saturated heterocycles. The van der Waals surface area contributed by atoms with Crippen molar-refractivity contribution in [2.75, 3.05) is 36.4 Å². The fraction of sp³-hybridized carbons (Fsp3) is 0.333. The number of nitrogens with one attached hydrogen (secondary N) is 3. The van der Waals surface area contributed by atoms with Crippen molar-refractivity contribution in [1.82, 2.24) is 20.4 Å². The van der Waals surface area contributed by atoms with E-state index in [1.165, 1.54) is 29.2 Å². The number of hydrogen-bond donors (Lipinski definition) is 3. The van der Waals surface area contributed by atoms with Gasteiger partial charge in [0.2, 0.25) is 17.7 Å². The summed E-state index contributed by atoms with van der Waals surface area (Å²) >= 11 is 6.33. The molecule has 0 bridgehead atoms. The SMILES string of the molecule is O=C1CCC(N2C(=O)c3cccc(NCCCC(=O)N4CC[C@H](NC5=Nc6cc(F)ccc6N(CC(F)F)c6ccc(Cl)cc65)C4)c3C2=O)C(=O)N1. The summed E-state index contributed by atoms with van der Waals surface area (Å²) in [4.78, 5) is 72.4. The predicted molar refractivity (Wildman–Crippen MR) is 186 cm³/mol. The minimum absolute atomic E-state index is 0.0203. The van der Waals surface area contributed by atoms with Gasteiger partial charge in [-0.3, -0.25) is 34.2 Å². The Bertz CT molecular complexity index is 2030. The molecule has 2 fully saturated rings. The molecule has 270 valence electrons. The molecule has 52 heavy (non-hydrogen) atoms. The number of amides is 5. The van der Waals surface area contributed by atoms with Crippen LogP contribution in [0.4, 0.5) is 35.9 Å². The maximum atomic E-state index is 14.3. The molecular weight excluding hydrogens is 703 g/mol. The molecule has 4 heterocycles. The highest BCUT2D eigenvalue weighted by Crippen LogP contribution is 2.41. The number of rotatable bonds is 9. The molecular formula is C36H33ClF3N7O5. The zero-order chi connectivity index (χ0) is 36.7. The number of likely N-dealkylation sites (tertiary alicyclic amines) is 1. The van der Waals surface area contributed by atoms with Crippen LogP contribution in [-0.2, 0) is 14.4 Å². The molecule has 3 aromatic carbocycles. The number of imide groups is 2. The number of fused-ring (bicyclic) bond motifs is 3. The molecule has 0 aromatic heterocycles. The van der Waals surface area contributed by atoms with E-state index in [4.69, 9.17) is 11.6 Å². The van der Waals surface area contributed by atoms with E-state index in [0.29, 0.717) is 66.0 Å². The van der Waals surface area contributed by atoms with Crippen LogP contribution in [0.25, 0.3) is 0 Å². The van der Waals surface area contributed by atoms with Gasteiger partial charge in [0.05, 0.1) is 34.7 Å². The van der Waals surface area contributed by atoms with Crippen LogP contribution in [0.3, 0.4) is 0 Å². The van der Waals surface area contributed by atoms with Crippen LogP contribution in [0.1, 0.15) is 58.4 Å². The van der Waals surface area contributed by atoms with Gasteiger partial charge in [-0.25, -0.2) is 18.2 Å². The predicted octanol–water partition coefficient (Wildman–Crippen LogP) is 4.76. The molecule has 4 aliphatic heterocycles. The van der Waals surface area contributed by atoms with Gasteiger partial charge in [0.1, 0.15) is 17.7 Å². The van der Waals surface area contributed by atoms with Crippen molar-refractivity contribution in [3.8, 4) is 0 Å². The molecule has 3 N–H and O–H groups in total. The quantitative estimate of drug-likeness (QED) is 0.211. The summed E-state index contributed by atoms with van der Waals surface area (Å²) in [6, 6.07) is 12.1. The highest BCUT2D eigenvalue weighted by atomic mass is 35.5. The van der Waals surface area contributed by atoms with Crippen LogP contribution in [-0.4, -0.2) is 89.9 Å². The second-order valence-corrected chi connectivity index (χ2v) is 13.4. The summed E-state index contributed by atoms with van der Waals surface area (Å²) in [6.45, 7) is 0.480. The third-order valence-corrected chi connectivity index (χ3v) is 9.75. The van der Waals surface area contributed by atoms with Crippen molar-refractivity contribution in [1.29, 1.82) is 0 Å². The average molecular weight is 736 g/mol. The van der Waals surface area contributed by atoms with Crippen molar-refractivity contribution in [2.45, 2.75) is 50.6 Å². The molecule has 3 aromatic rings. The highest BCUT2D eigenvalue weighted by molar-refractivity contribution is 6.31. The summed E-state index contributed by atoms with van der Waals surface area (Å²) in [7, 11) is 0. The number of alkyl halides is 2. The van der Waals surface area contributed by atoms with Crippen LogP contribution in [0.5, 0.6) is 0 Å². The Morgan fingerprint density at radius 1 is 1.00 bits per heavy atom. The van der Waals surface area contributed by atoms with Crippen LogP contribution in [0, 0.1) is 5.82 Å². The van der Waals surface area contributed by atoms with Crippen molar-refractivity contribution >= 4 is 69.7 Å². The first kappa shape index (κ1) is 35.0. The van der Waals surface area contributed by atoms with Crippen LogP contribution >= 0.6 is 11.6 Å². The molecule has 0 saturated carbocycles. The Balaban J connectivity index is 0.977. The lowest BCUT2D eigenvalue weighted by atomic mass is 10.0. The second-order valence-electron chi connectivity index (χ2n) is 12.9. The minimum Gasteiger partial charge on any atom is -0.384 e. The number of halogens is 4. The Morgan fingerprint density at radius 2 is 1.81 bits per heavy atom. The van der Waals surface area contributed by atoms with E-state index in [1.807, 2.05) is 0 Å². The molecule has 5 amide bonds. The minimum atomic E-state index is -2.68. The monoisotopic (exact) mass is 735 g/mol. The Kier molecular flexibility index (Phi) is 9.62. The van der Waals surface area contributed by atoms with Gasteiger partial charge in [0.25, 0.3) is 18.2 Å². The first-order chi connectivity index (χ1) is 25.0. The lowest BCUT2D eigenvalue weighted by Crippen LogP contribution is -2.54. The Labute approximate surface area is 301 Å². The number of aliphatic imine (C=N–C) groups is 1. The van der Waals surface area contributed by atoms with Crippen molar-refractivity contribution in [3.63, 3.8) is 0 Å². The lowest BCUT2D eigenvalue weighted by molar-refractivity contribution is -0.136. The molecule has 0 radical (unpaired) electrons. The second kappa shape index (κ2) is 14.3.